The largest absolute Gasteiger partial charge is 0.481 e. The quantitative estimate of drug-likeness (QED) is 0.719. The van der Waals surface area contributed by atoms with Crippen LogP contribution in [0.15, 0.2) is 60.7 Å². The van der Waals surface area contributed by atoms with Gasteiger partial charge in [0.1, 0.15) is 0 Å². The molecule has 0 bridgehead atoms. The van der Waals surface area contributed by atoms with E-state index < -0.39 is 17.8 Å². The van der Waals surface area contributed by atoms with E-state index in [0.717, 1.165) is 31.9 Å². The summed E-state index contributed by atoms with van der Waals surface area (Å²) in [5.41, 5.74) is 4.37. The van der Waals surface area contributed by atoms with Crippen LogP contribution in [0.3, 0.4) is 0 Å². The first-order valence-electron chi connectivity index (χ1n) is 10.9. The van der Waals surface area contributed by atoms with E-state index in [1.807, 2.05) is 36.4 Å². The molecular weight excluding hydrogens is 390 g/mol. The normalized spacial score (nSPS) is 21.1. The number of hydrogen-bond donors (Lipinski definition) is 2. The van der Waals surface area contributed by atoms with Crippen LogP contribution in [0, 0.1) is 18.8 Å². The Morgan fingerprint density at radius 2 is 1.29 bits per heavy atom. The van der Waals surface area contributed by atoms with Gasteiger partial charge < -0.3 is 20.2 Å². The number of nitrogens with one attached hydrogen (secondary N) is 1. The highest BCUT2D eigenvalue weighted by atomic mass is 16.4. The van der Waals surface area contributed by atoms with E-state index in [9.17, 15) is 14.7 Å². The Morgan fingerprint density at radius 3 is 1.81 bits per heavy atom. The standard InChI is InChI=1S/C25H29N3O3/c1-18-6-10-20(11-7-18)27-14-16-28(17-15-27)21-12-8-19(9-13-21)26-24(29)22-4-2-3-5-23(22)25(30)31/h2-3,6-13,22-23H,4-5,14-17H2,1H3,(H,26,29)(H,30,31)/t22-,23+/m1/s1. The number of hydrogen-bond acceptors (Lipinski definition) is 4. The lowest BCUT2D eigenvalue weighted by Gasteiger charge is -2.37. The molecule has 2 N–H and O–H groups in total. The smallest absolute Gasteiger partial charge is 0.307 e. The van der Waals surface area contributed by atoms with Gasteiger partial charge in [0.25, 0.3) is 0 Å². The third-order valence-electron chi connectivity index (χ3n) is 6.27. The van der Waals surface area contributed by atoms with Gasteiger partial charge in [-0.25, -0.2) is 0 Å². The summed E-state index contributed by atoms with van der Waals surface area (Å²) in [5, 5.41) is 12.3. The van der Waals surface area contributed by atoms with E-state index in [-0.39, 0.29) is 5.91 Å². The zero-order valence-corrected chi connectivity index (χ0v) is 17.8. The molecule has 1 heterocycles. The van der Waals surface area contributed by atoms with Crippen molar-refractivity contribution in [2.45, 2.75) is 19.8 Å². The summed E-state index contributed by atoms with van der Waals surface area (Å²) in [6, 6.07) is 16.5. The molecular formula is C25H29N3O3. The van der Waals surface area contributed by atoms with Gasteiger partial charge in [0.15, 0.2) is 0 Å². The van der Waals surface area contributed by atoms with Crippen molar-refractivity contribution in [2.75, 3.05) is 41.3 Å². The molecule has 162 valence electrons. The SMILES string of the molecule is Cc1ccc(N2CCN(c3ccc(NC(=O)[C@@H]4CC=CC[C@@H]4C(=O)O)cc3)CC2)cc1. The van der Waals surface area contributed by atoms with Gasteiger partial charge in [0.05, 0.1) is 11.8 Å². The summed E-state index contributed by atoms with van der Waals surface area (Å²) >= 11 is 0. The Bertz CT molecular complexity index is 945. The number of carbonyl (C=O) groups is 2. The topological polar surface area (TPSA) is 72.9 Å². The lowest BCUT2D eigenvalue weighted by molar-refractivity contribution is -0.146. The van der Waals surface area contributed by atoms with Crippen molar-refractivity contribution in [3.63, 3.8) is 0 Å². The fraction of sp³-hybridized carbons (Fsp3) is 0.360. The molecule has 1 amide bonds. The van der Waals surface area contributed by atoms with Crippen molar-refractivity contribution in [1.29, 1.82) is 0 Å². The highest BCUT2D eigenvalue weighted by Gasteiger charge is 2.34. The number of carbonyl (C=O) groups excluding carboxylic acids is 1. The van der Waals surface area contributed by atoms with E-state index in [1.54, 1.807) is 0 Å². The Kier molecular flexibility index (Phi) is 6.26. The van der Waals surface area contributed by atoms with E-state index in [0.29, 0.717) is 18.5 Å². The first-order valence-corrected chi connectivity index (χ1v) is 10.9. The summed E-state index contributed by atoms with van der Waals surface area (Å²) in [7, 11) is 0. The second kappa shape index (κ2) is 9.25. The van der Waals surface area contributed by atoms with Crippen molar-refractivity contribution < 1.29 is 14.7 Å². The number of aliphatic carboxylic acids is 1. The number of nitrogens with zero attached hydrogens (tertiary/aromatic N) is 2. The van der Waals surface area contributed by atoms with Crippen LogP contribution in [0.4, 0.5) is 17.1 Å². The third kappa shape index (κ3) is 4.90. The van der Waals surface area contributed by atoms with Crippen LogP contribution in [-0.4, -0.2) is 43.2 Å². The molecule has 1 saturated heterocycles. The minimum absolute atomic E-state index is 0.226. The van der Waals surface area contributed by atoms with E-state index >= 15 is 0 Å². The fourth-order valence-electron chi connectivity index (χ4n) is 4.35. The lowest BCUT2D eigenvalue weighted by Crippen LogP contribution is -2.46. The third-order valence-corrected chi connectivity index (χ3v) is 6.27. The van der Waals surface area contributed by atoms with E-state index in [2.05, 4.69) is 46.3 Å². The van der Waals surface area contributed by atoms with Crippen molar-refractivity contribution in [3.05, 3.63) is 66.2 Å². The molecule has 2 aliphatic rings. The fourth-order valence-corrected chi connectivity index (χ4v) is 4.35. The van der Waals surface area contributed by atoms with Crippen LogP contribution < -0.4 is 15.1 Å². The number of amides is 1. The Morgan fingerprint density at radius 1 is 0.806 bits per heavy atom. The molecule has 2 aromatic carbocycles. The minimum Gasteiger partial charge on any atom is -0.481 e. The predicted molar refractivity (Wildman–Crippen MR) is 124 cm³/mol. The highest BCUT2D eigenvalue weighted by Crippen LogP contribution is 2.28. The summed E-state index contributed by atoms with van der Waals surface area (Å²) in [5.74, 6) is -2.33. The predicted octanol–water partition coefficient (Wildman–Crippen LogP) is 3.93. The van der Waals surface area contributed by atoms with Crippen LogP contribution in [-0.2, 0) is 9.59 Å². The average molecular weight is 420 g/mol. The van der Waals surface area contributed by atoms with Crippen molar-refractivity contribution in [2.24, 2.45) is 11.8 Å². The minimum atomic E-state index is -0.912. The van der Waals surface area contributed by atoms with Crippen molar-refractivity contribution in [3.8, 4) is 0 Å². The number of benzene rings is 2. The number of anilines is 3. The maximum atomic E-state index is 12.6. The molecule has 0 aromatic heterocycles. The zero-order chi connectivity index (χ0) is 21.8. The second-order valence-electron chi connectivity index (χ2n) is 8.34. The number of rotatable bonds is 5. The second-order valence-corrected chi connectivity index (χ2v) is 8.34. The summed E-state index contributed by atoms with van der Waals surface area (Å²) in [4.78, 5) is 28.8. The number of allylic oxidation sites excluding steroid dienone is 2. The van der Waals surface area contributed by atoms with Gasteiger partial charge in [-0.15, -0.1) is 0 Å². The first kappa shape index (κ1) is 21.0. The average Bonchev–Trinajstić information content (AvgIpc) is 2.80. The number of aryl methyl sites for hydroxylation is 1. The van der Waals surface area contributed by atoms with Gasteiger partial charge in [-0.3, -0.25) is 9.59 Å². The zero-order valence-electron chi connectivity index (χ0n) is 17.8. The van der Waals surface area contributed by atoms with Gasteiger partial charge in [0.2, 0.25) is 5.91 Å². The molecule has 2 atom stereocenters. The molecule has 0 saturated carbocycles. The Hall–Kier alpha value is -3.28. The van der Waals surface area contributed by atoms with Crippen molar-refractivity contribution in [1.82, 2.24) is 0 Å². The monoisotopic (exact) mass is 419 g/mol. The van der Waals surface area contributed by atoms with E-state index in [1.165, 1.54) is 11.3 Å². The van der Waals surface area contributed by atoms with Crippen LogP contribution in [0.2, 0.25) is 0 Å². The molecule has 6 nitrogen and oxygen atoms in total. The van der Waals surface area contributed by atoms with E-state index in [4.69, 9.17) is 0 Å². The van der Waals surface area contributed by atoms with Crippen LogP contribution in [0.1, 0.15) is 18.4 Å². The molecule has 4 rings (SSSR count). The summed E-state index contributed by atoms with van der Waals surface area (Å²) in [6.45, 7) is 5.91. The Balaban J connectivity index is 1.33. The molecule has 0 radical (unpaired) electrons. The molecule has 1 aliphatic carbocycles. The molecule has 0 unspecified atom stereocenters. The molecule has 0 spiro atoms. The molecule has 31 heavy (non-hydrogen) atoms. The molecule has 6 heteroatoms. The van der Waals surface area contributed by atoms with Crippen LogP contribution in [0.5, 0.6) is 0 Å². The van der Waals surface area contributed by atoms with Gasteiger partial charge in [0, 0.05) is 43.2 Å². The molecule has 1 fully saturated rings. The Labute approximate surface area is 183 Å². The van der Waals surface area contributed by atoms with Crippen molar-refractivity contribution >= 4 is 28.9 Å². The van der Waals surface area contributed by atoms with Crippen LogP contribution >= 0.6 is 0 Å². The summed E-state index contributed by atoms with van der Waals surface area (Å²) < 4.78 is 0. The number of carboxylic acid groups (broad SMARTS) is 1. The molecule has 1 aliphatic heterocycles. The highest BCUT2D eigenvalue weighted by molar-refractivity contribution is 5.95. The maximum absolute atomic E-state index is 12.6. The number of piperazine rings is 1. The van der Waals surface area contributed by atoms with Gasteiger partial charge >= 0.3 is 5.97 Å². The van der Waals surface area contributed by atoms with Gasteiger partial charge in [-0.2, -0.15) is 0 Å². The maximum Gasteiger partial charge on any atom is 0.307 e. The van der Waals surface area contributed by atoms with Gasteiger partial charge in [-0.1, -0.05) is 29.8 Å². The number of carboxylic acids is 1. The molecule has 2 aromatic rings. The first-order chi connectivity index (χ1) is 15.0. The summed E-state index contributed by atoms with van der Waals surface area (Å²) in [6.07, 6.45) is 4.60. The van der Waals surface area contributed by atoms with Crippen LogP contribution in [0.25, 0.3) is 0 Å². The van der Waals surface area contributed by atoms with Gasteiger partial charge in [-0.05, 0) is 56.2 Å². The lowest BCUT2D eigenvalue weighted by atomic mass is 9.82.